The molecule has 3 aromatic rings. The minimum Gasteiger partial charge on any atom is -0.338 e. The Morgan fingerprint density at radius 2 is 1.83 bits per heavy atom. The van der Waals surface area contributed by atoms with E-state index < -0.39 is 0 Å². The van der Waals surface area contributed by atoms with Gasteiger partial charge in [0.25, 0.3) is 5.91 Å². The summed E-state index contributed by atoms with van der Waals surface area (Å²) in [6.45, 7) is 5.65. The van der Waals surface area contributed by atoms with Gasteiger partial charge >= 0.3 is 0 Å². The maximum Gasteiger partial charge on any atom is 0.253 e. The van der Waals surface area contributed by atoms with Gasteiger partial charge in [0, 0.05) is 30.3 Å². The molecular formula is C26H27N3O. The minimum atomic E-state index is -0.00195. The van der Waals surface area contributed by atoms with E-state index in [4.69, 9.17) is 4.98 Å². The van der Waals surface area contributed by atoms with Gasteiger partial charge in [-0.1, -0.05) is 36.4 Å². The van der Waals surface area contributed by atoms with E-state index in [2.05, 4.69) is 48.3 Å². The van der Waals surface area contributed by atoms with Crippen molar-refractivity contribution < 1.29 is 4.79 Å². The van der Waals surface area contributed by atoms with E-state index in [0.29, 0.717) is 0 Å². The number of carbonyl (C=O) groups excluding carboxylic acids is 1. The summed E-state index contributed by atoms with van der Waals surface area (Å²) in [4.78, 5) is 24.5. The van der Waals surface area contributed by atoms with Crippen molar-refractivity contribution in [3.8, 4) is 11.1 Å². The first-order chi connectivity index (χ1) is 14.6. The Labute approximate surface area is 178 Å². The van der Waals surface area contributed by atoms with Crippen LogP contribution in [0.4, 0.5) is 0 Å². The van der Waals surface area contributed by atoms with Crippen molar-refractivity contribution in [3.63, 3.8) is 0 Å². The first kappa shape index (κ1) is 19.0. The van der Waals surface area contributed by atoms with Gasteiger partial charge in [0.1, 0.15) is 5.82 Å². The third-order valence-electron chi connectivity index (χ3n) is 6.81. The van der Waals surface area contributed by atoms with E-state index in [1.807, 2.05) is 30.2 Å². The van der Waals surface area contributed by atoms with Crippen LogP contribution >= 0.6 is 0 Å². The number of hydrogen-bond donors (Lipinski definition) is 0. The topological polar surface area (TPSA) is 46.1 Å². The summed E-state index contributed by atoms with van der Waals surface area (Å²) in [5.41, 5.74) is 6.81. The van der Waals surface area contributed by atoms with E-state index in [9.17, 15) is 4.79 Å². The first-order valence-electron chi connectivity index (χ1n) is 10.8. The van der Waals surface area contributed by atoms with E-state index in [1.54, 1.807) is 0 Å². The van der Waals surface area contributed by atoms with Crippen LogP contribution in [0.25, 0.3) is 11.1 Å². The summed E-state index contributed by atoms with van der Waals surface area (Å²) in [6, 6.07) is 16.4. The Morgan fingerprint density at radius 1 is 1.03 bits per heavy atom. The van der Waals surface area contributed by atoms with Crippen molar-refractivity contribution in [2.75, 3.05) is 13.1 Å². The van der Waals surface area contributed by atoms with Crippen LogP contribution in [0.3, 0.4) is 0 Å². The van der Waals surface area contributed by atoms with Crippen molar-refractivity contribution in [2.24, 2.45) is 0 Å². The number of aryl methyl sites for hydroxylation is 3. The molecule has 1 unspecified atom stereocenters. The van der Waals surface area contributed by atoms with Crippen LogP contribution in [0.15, 0.2) is 54.7 Å². The molecule has 0 radical (unpaired) electrons. The molecule has 2 aliphatic rings. The molecule has 1 fully saturated rings. The second-order valence-electron chi connectivity index (χ2n) is 8.79. The highest BCUT2D eigenvalue weighted by atomic mass is 16.2. The summed E-state index contributed by atoms with van der Waals surface area (Å²) in [5, 5.41) is 0. The van der Waals surface area contributed by atoms with Crippen molar-refractivity contribution in [2.45, 2.75) is 44.9 Å². The number of amides is 1. The summed E-state index contributed by atoms with van der Waals surface area (Å²) in [7, 11) is 0. The van der Waals surface area contributed by atoms with Gasteiger partial charge in [0.15, 0.2) is 0 Å². The largest absolute Gasteiger partial charge is 0.338 e. The van der Waals surface area contributed by atoms with E-state index in [0.717, 1.165) is 55.7 Å². The molecule has 0 N–H and O–H groups in total. The van der Waals surface area contributed by atoms with E-state index in [-0.39, 0.29) is 11.3 Å². The zero-order valence-electron chi connectivity index (χ0n) is 17.7. The van der Waals surface area contributed by atoms with Crippen LogP contribution in [0, 0.1) is 13.8 Å². The van der Waals surface area contributed by atoms with Gasteiger partial charge in [0.05, 0.1) is 5.69 Å². The van der Waals surface area contributed by atoms with E-state index in [1.165, 1.54) is 22.4 Å². The highest BCUT2D eigenvalue weighted by Gasteiger charge is 2.44. The molecule has 2 heterocycles. The second-order valence-corrected chi connectivity index (χ2v) is 8.79. The van der Waals surface area contributed by atoms with Crippen LogP contribution in [0.5, 0.6) is 0 Å². The third-order valence-corrected chi connectivity index (χ3v) is 6.81. The Bertz CT molecular complexity index is 1100. The monoisotopic (exact) mass is 397 g/mol. The molecule has 5 rings (SSSR count). The number of likely N-dealkylation sites (tertiary alicyclic amines) is 1. The molecular weight excluding hydrogens is 370 g/mol. The molecule has 4 heteroatoms. The van der Waals surface area contributed by atoms with Crippen molar-refractivity contribution in [1.82, 2.24) is 14.9 Å². The molecule has 1 atom stereocenters. The van der Waals surface area contributed by atoms with Gasteiger partial charge in [-0.3, -0.25) is 4.79 Å². The SMILES string of the molecule is Cc1ncc2c(n1)C1(CCCN(C(=O)c3ccc(-c4ccccc4C)cc3)C1)CC2. The Balaban J connectivity index is 1.38. The predicted molar refractivity (Wildman–Crippen MR) is 119 cm³/mol. The number of aromatic nitrogens is 2. The fourth-order valence-electron chi connectivity index (χ4n) is 5.20. The van der Waals surface area contributed by atoms with Crippen molar-refractivity contribution in [3.05, 3.63) is 82.9 Å². The lowest BCUT2D eigenvalue weighted by molar-refractivity contribution is 0.0633. The van der Waals surface area contributed by atoms with Gasteiger partial charge in [-0.2, -0.15) is 0 Å². The number of nitrogens with zero attached hydrogens (tertiary/aromatic N) is 3. The Hall–Kier alpha value is -3.01. The van der Waals surface area contributed by atoms with Crippen LogP contribution < -0.4 is 0 Å². The molecule has 30 heavy (non-hydrogen) atoms. The summed E-state index contributed by atoms with van der Waals surface area (Å²) >= 11 is 0. The highest BCUT2D eigenvalue weighted by molar-refractivity contribution is 5.95. The summed E-state index contributed by atoms with van der Waals surface area (Å²) in [6.07, 6.45) is 6.19. The lowest BCUT2D eigenvalue weighted by Crippen LogP contribution is -2.48. The number of fused-ring (bicyclic) bond motifs is 2. The lowest BCUT2D eigenvalue weighted by atomic mass is 9.77. The fraction of sp³-hybridized carbons (Fsp3) is 0.346. The smallest absolute Gasteiger partial charge is 0.253 e. The molecule has 0 saturated carbocycles. The third kappa shape index (κ3) is 3.20. The average molecular weight is 398 g/mol. The number of piperidine rings is 1. The molecule has 1 aliphatic carbocycles. The van der Waals surface area contributed by atoms with Gasteiger partial charge in [-0.05, 0) is 73.9 Å². The number of rotatable bonds is 2. The standard InChI is InChI=1S/C26H27N3O/c1-18-6-3-4-7-23(18)20-8-10-21(11-9-20)25(30)29-15-5-13-26(17-29)14-12-22-16-27-19(2)28-24(22)26/h3-4,6-11,16H,5,12-15,17H2,1-2H3. The van der Waals surface area contributed by atoms with Crippen LogP contribution in [-0.2, 0) is 11.8 Å². The Kier molecular flexibility index (Phi) is 4.65. The molecule has 152 valence electrons. The Morgan fingerprint density at radius 3 is 2.63 bits per heavy atom. The van der Waals surface area contributed by atoms with Gasteiger partial charge < -0.3 is 4.90 Å². The lowest BCUT2D eigenvalue weighted by Gasteiger charge is -2.40. The number of benzene rings is 2. The maximum atomic E-state index is 13.3. The van der Waals surface area contributed by atoms with Crippen molar-refractivity contribution in [1.29, 1.82) is 0 Å². The zero-order valence-corrected chi connectivity index (χ0v) is 17.7. The van der Waals surface area contributed by atoms with Crippen LogP contribution in [0.1, 0.15) is 52.3 Å². The summed E-state index contributed by atoms with van der Waals surface area (Å²) in [5.74, 6) is 0.954. The second kappa shape index (κ2) is 7.35. The summed E-state index contributed by atoms with van der Waals surface area (Å²) < 4.78 is 0. The minimum absolute atomic E-state index is 0.00195. The molecule has 1 amide bonds. The number of hydrogen-bond acceptors (Lipinski definition) is 3. The first-order valence-corrected chi connectivity index (χ1v) is 10.8. The normalized spacial score (nSPS) is 20.4. The van der Waals surface area contributed by atoms with Crippen molar-refractivity contribution >= 4 is 5.91 Å². The number of carbonyl (C=O) groups is 1. The molecule has 1 aromatic heterocycles. The molecule has 4 nitrogen and oxygen atoms in total. The van der Waals surface area contributed by atoms with Crippen LogP contribution in [-0.4, -0.2) is 33.9 Å². The van der Waals surface area contributed by atoms with Crippen LogP contribution in [0.2, 0.25) is 0 Å². The fourth-order valence-corrected chi connectivity index (χ4v) is 5.20. The average Bonchev–Trinajstić information content (AvgIpc) is 3.10. The molecule has 1 aliphatic heterocycles. The van der Waals surface area contributed by atoms with Gasteiger partial charge in [-0.15, -0.1) is 0 Å². The van der Waals surface area contributed by atoms with Gasteiger partial charge in [-0.25, -0.2) is 9.97 Å². The molecule has 1 spiro atoms. The maximum absolute atomic E-state index is 13.3. The highest BCUT2D eigenvalue weighted by Crippen LogP contribution is 2.44. The van der Waals surface area contributed by atoms with E-state index >= 15 is 0 Å². The zero-order chi connectivity index (χ0) is 20.7. The quantitative estimate of drug-likeness (QED) is 0.619. The predicted octanol–water partition coefficient (Wildman–Crippen LogP) is 4.88. The molecule has 2 aromatic carbocycles. The molecule has 1 saturated heterocycles. The van der Waals surface area contributed by atoms with Gasteiger partial charge in [0.2, 0.25) is 0 Å². The molecule has 0 bridgehead atoms.